The second-order valence-corrected chi connectivity index (χ2v) is 4.27. The second-order valence-electron chi connectivity index (χ2n) is 4.27. The summed E-state index contributed by atoms with van der Waals surface area (Å²) < 4.78 is 5.20. The fraction of sp³-hybridized carbons (Fsp3) is 0.462. The van der Waals surface area contributed by atoms with Gasteiger partial charge >= 0.3 is 5.97 Å². The maximum atomic E-state index is 11.7. The maximum Gasteiger partial charge on any atom is 0.338 e. The van der Waals surface area contributed by atoms with Crippen molar-refractivity contribution in [2.24, 2.45) is 11.7 Å². The number of carbonyl (C=O) groups excluding carboxylic acids is 1. The average molecular weight is 219 g/mol. The largest absolute Gasteiger partial charge is 0.462 e. The molecule has 0 spiro atoms. The minimum Gasteiger partial charge on any atom is -0.462 e. The number of esters is 1. The molecule has 0 bridgehead atoms. The van der Waals surface area contributed by atoms with E-state index in [1.165, 1.54) is 12.8 Å². The van der Waals surface area contributed by atoms with Gasteiger partial charge in [-0.15, -0.1) is 0 Å². The van der Waals surface area contributed by atoms with E-state index in [2.05, 4.69) is 0 Å². The molecule has 3 nitrogen and oxygen atoms in total. The number of benzene rings is 1. The molecule has 1 aliphatic carbocycles. The molecule has 1 fully saturated rings. The number of hydrogen-bond acceptors (Lipinski definition) is 3. The van der Waals surface area contributed by atoms with Crippen LogP contribution in [0.15, 0.2) is 24.3 Å². The van der Waals surface area contributed by atoms with E-state index in [9.17, 15) is 4.79 Å². The second kappa shape index (κ2) is 5.12. The first kappa shape index (κ1) is 11.1. The van der Waals surface area contributed by atoms with E-state index in [1.807, 2.05) is 12.1 Å². The van der Waals surface area contributed by atoms with E-state index in [4.69, 9.17) is 10.5 Å². The van der Waals surface area contributed by atoms with Gasteiger partial charge in [-0.2, -0.15) is 0 Å². The van der Waals surface area contributed by atoms with Crippen molar-refractivity contribution >= 4 is 5.97 Å². The van der Waals surface area contributed by atoms with Crippen molar-refractivity contribution in [1.29, 1.82) is 0 Å². The topological polar surface area (TPSA) is 52.3 Å². The first-order chi connectivity index (χ1) is 7.79. The van der Waals surface area contributed by atoms with E-state index in [0.717, 1.165) is 17.9 Å². The van der Waals surface area contributed by atoms with Crippen LogP contribution < -0.4 is 5.73 Å². The van der Waals surface area contributed by atoms with Crippen molar-refractivity contribution in [3.8, 4) is 0 Å². The standard InChI is InChI=1S/C13H17NO2/c14-9-11-2-1-3-12(8-11)13(15)16-7-6-10-4-5-10/h1-3,8,10H,4-7,9,14H2. The van der Waals surface area contributed by atoms with Crippen LogP contribution in [0.5, 0.6) is 0 Å². The molecule has 16 heavy (non-hydrogen) atoms. The zero-order valence-corrected chi connectivity index (χ0v) is 9.32. The van der Waals surface area contributed by atoms with Crippen molar-refractivity contribution in [2.75, 3.05) is 6.61 Å². The molecule has 0 aromatic heterocycles. The Kier molecular flexibility index (Phi) is 3.57. The van der Waals surface area contributed by atoms with Gasteiger partial charge in [-0.05, 0) is 30.0 Å². The summed E-state index contributed by atoms with van der Waals surface area (Å²) in [7, 11) is 0. The molecule has 0 aliphatic heterocycles. The van der Waals surface area contributed by atoms with Gasteiger partial charge in [-0.3, -0.25) is 0 Å². The first-order valence-electron chi connectivity index (χ1n) is 5.75. The summed E-state index contributed by atoms with van der Waals surface area (Å²) in [6.07, 6.45) is 3.59. The molecule has 86 valence electrons. The summed E-state index contributed by atoms with van der Waals surface area (Å²) >= 11 is 0. The highest BCUT2D eigenvalue weighted by molar-refractivity contribution is 5.89. The van der Waals surface area contributed by atoms with Crippen LogP contribution in [0.4, 0.5) is 0 Å². The third-order valence-electron chi connectivity index (χ3n) is 2.85. The third kappa shape index (κ3) is 3.07. The minimum atomic E-state index is -0.240. The molecule has 0 heterocycles. The first-order valence-corrected chi connectivity index (χ1v) is 5.75. The van der Waals surface area contributed by atoms with Gasteiger partial charge < -0.3 is 10.5 Å². The van der Waals surface area contributed by atoms with E-state index in [1.54, 1.807) is 12.1 Å². The number of nitrogens with two attached hydrogens (primary N) is 1. The quantitative estimate of drug-likeness (QED) is 0.771. The molecule has 0 amide bonds. The van der Waals surface area contributed by atoms with Crippen LogP contribution in [0.25, 0.3) is 0 Å². The molecule has 0 unspecified atom stereocenters. The number of hydrogen-bond donors (Lipinski definition) is 1. The highest BCUT2D eigenvalue weighted by atomic mass is 16.5. The minimum absolute atomic E-state index is 0.240. The molecule has 2 N–H and O–H groups in total. The Bertz CT molecular complexity index is 372. The normalized spacial score (nSPS) is 14.8. The van der Waals surface area contributed by atoms with Crippen molar-refractivity contribution in [3.05, 3.63) is 35.4 Å². The Morgan fingerprint density at radius 3 is 2.94 bits per heavy atom. The lowest BCUT2D eigenvalue weighted by Crippen LogP contribution is -2.08. The van der Waals surface area contributed by atoms with E-state index >= 15 is 0 Å². The lowest BCUT2D eigenvalue weighted by atomic mass is 10.1. The molecule has 1 aliphatic rings. The SMILES string of the molecule is NCc1cccc(C(=O)OCCC2CC2)c1. The van der Waals surface area contributed by atoms with Crippen LogP contribution in [0.3, 0.4) is 0 Å². The summed E-state index contributed by atoms with van der Waals surface area (Å²) in [6, 6.07) is 7.29. The predicted octanol–water partition coefficient (Wildman–Crippen LogP) is 2.10. The predicted molar refractivity (Wildman–Crippen MR) is 62.0 cm³/mol. The molecule has 1 aromatic carbocycles. The Morgan fingerprint density at radius 2 is 2.25 bits per heavy atom. The molecule has 1 aromatic rings. The van der Waals surface area contributed by atoms with Gasteiger partial charge in [-0.25, -0.2) is 4.79 Å². The fourth-order valence-electron chi connectivity index (χ4n) is 1.63. The van der Waals surface area contributed by atoms with Crippen LogP contribution >= 0.6 is 0 Å². The van der Waals surface area contributed by atoms with Gasteiger partial charge in [0, 0.05) is 6.54 Å². The van der Waals surface area contributed by atoms with E-state index < -0.39 is 0 Å². The van der Waals surface area contributed by atoms with E-state index in [-0.39, 0.29) is 5.97 Å². The number of rotatable bonds is 5. The Morgan fingerprint density at radius 1 is 1.44 bits per heavy atom. The summed E-state index contributed by atoms with van der Waals surface area (Å²) in [4.78, 5) is 11.7. The summed E-state index contributed by atoms with van der Waals surface area (Å²) in [5.41, 5.74) is 7.07. The van der Waals surface area contributed by atoms with Crippen LogP contribution in [0.2, 0.25) is 0 Å². The Hall–Kier alpha value is -1.35. The molecule has 3 heteroatoms. The van der Waals surface area contributed by atoms with Crippen LogP contribution in [-0.2, 0) is 11.3 Å². The molecule has 0 saturated heterocycles. The van der Waals surface area contributed by atoms with Gasteiger partial charge in [0.25, 0.3) is 0 Å². The van der Waals surface area contributed by atoms with Crippen LogP contribution in [0.1, 0.15) is 35.2 Å². The van der Waals surface area contributed by atoms with Crippen molar-refractivity contribution in [2.45, 2.75) is 25.8 Å². The number of ether oxygens (including phenoxy) is 1. The van der Waals surface area contributed by atoms with Gasteiger partial charge in [0.05, 0.1) is 12.2 Å². The molecule has 0 radical (unpaired) electrons. The monoisotopic (exact) mass is 219 g/mol. The molecule has 0 atom stereocenters. The van der Waals surface area contributed by atoms with Gasteiger partial charge in [0.2, 0.25) is 0 Å². The zero-order chi connectivity index (χ0) is 11.4. The third-order valence-corrected chi connectivity index (χ3v) is 2.85. The van der Waals surface area contributed by atoms with Crippen LogP contribution in [-0.4, -0.2) is 12.6 Å². The molecule has 1 saturated carbocycles. The van der Waals surface area contributed by atoms with Gasteiger partial charge in [0.1, 0.15) is 0 Å². The number of carbonyl (C=O) groups is 1. The van der Waals surface area contributed by atoms with Gasteiger partial charge in [-0.1, -0.05) is 25.0 Å². The maximum absolute atomic E-state index is 11.7. The lowest BCUT2D eigenvalue weighted by Gasteiger charge is -2.05. The summed E-state index contributed by atoms with van der Waals surface area (Å²) in [6.45, 7) is 0.986. The van der Waals surface area contributed by atoms with Crippen molar-refractivity contribution in [1.82, 2.24) is 0 Å². The smallest absolute Gasteiger partial charge is 0.338 e. The average Bonchev–Trinajstić information content (AvgIpc) is 3.13. The summed E-state index contributed by atoms with van der Waals surface area (Å²) in [5, 5.41) is 0. The summed E-state index contributed by atoms with van der Waals surface area (Å²) in [5.74, 6) is 0.555. The zero-order valence-electron chi connectivity index (χ0n) is 9.32. The molecular formula is C13H17NO2. The highest BCUT2D eigenvalue weighted by Crippen LogP contribution is 2.32. The molecular weight excluding hydrogens is 202 g/mol. The van der Waals surface area contributed by atoms with Crippen LogP contribution in [0, 0.1) is 5.92 Å². The highest BCUT2D eigenvalue weighted by Gasteiger charge is 2.21. The Balaban J connectivity index is 1.86. The van der Waals surface area contributed by atoms with E-state index in [0.29, 0.717) is 18.7 Å². The Labute approximate surface area is 95.6 Å². The van der Waals surface area contributed by atoms with Crippen molar-refractivity contribution < 1.29 is 9.53 Å². The lowest BCUT2D eigenvalue weighted by molar-refractivity contribution is 0.0495. The molecule has 2 rings (SSSR count). The van der Waals surface area contributed by atoms with Crippen molar-refractivity contribution in [3.63, 3.8) is 0 Å². The van der Waals surface area contributed by atoms with Gasteiger partial charge in [0.15, 0.2) is 0 Å². The fourth-order valence-corrected chi connectivity index (χ4v) is 1.63.